The van der Waals surface area contributed by atoms with Gasteiger partial charge in [0.15, 0.2) is 12.0 Å². The number of aldehydes is 1. The van der Waals surface area contributed by atoms with E-state index in [-0.39, 0.29) is 17.5 Å². The molecule has 0 fully saturated rings. The topological polar surface area (TPSA) is 59.4 Å². The Balaban J connectivity index is 2.08. The van der Waals surface area contributed by atoms with Crippen LogP contribution in [0.2, 0.25) is 0 Å². The van der Waals surface area contributed by atoms with Gasteiger partial charge >= 0.3 is 0 Å². The number of fused-ring (bicyclic) bond motifs is 1. The molecule has 2 heterocycles. The van der Waals surface area contributed by atoms with Gasteiger partial charge in [-0.1, -0.05) is 30.3 Å². The molecule has 0 radical (unpaired) electrons. The summed E-state index contributed by atoms with van der Waals surface area (Å²) in [7, 11) is 0. The van der Waals surface area contributed by atoms with Crippen LogP contribution in [0.3, 0.4) is 0 Å². The maximum atomic E-state index is 10.7. The number of benzene rings is 1. The number of pyridine rings is 1. The molecule has 1 atom stereocenters. The van der Waals surface area contributed by atoms with Crippen molar-refractivity contribution in [2.45, 2.75) is 12.7 Å². The number of ether oxygens (including phenoxy) is 1. The van der Waals surface area contributed by atoms with Crippen molar-refractivity contribution in [2.75, 3.05) is 0 Å². The first-order chi connectivity index (χ1) is 8.81. The average Bonchev–Trinajstić information content (AvgIpc) is 2.85. The lowest BCUT2D eigenvalue weighted by Gasteiger charge is -2.11. The summed E-state index contributed by atoms with van der Waals surface area (Å²) in [4.78, 5) is 14.7. The number of aromatic hydroxyl groups is 1. The Morgan fingerprint density at radius 2 is 2.11 bits per heavy atom. The van der Waals surface area contributed by atoms with Gasteiger partial charge in [-0.05, 0) is 5.56 Å². The van der Waals surface area contributed by atoms with E-state index in [1.165, 1.54) is 0 Å². The maximum absolute atomic E-state index is 10.7. The lowest BCUT2D eigenvalue weighted by Crippen LogP contribution is -1.99. The minimum absolute atomic E-state index is 0.0612. The molecule has 1 N–H and O–H groups in total. The molecule has 3 rings (SSSR count). The van der Waals surface area contributed by atoms with Gasteiger partial charge in [0.2, 0.25) is 0 Å². The van der Waals surface area contributed by atoms with E-state index in [1.807, 2.05) is 30.3 Å². The Kier molecular flexibility index (Phi) is 2.57. The molecule has 1 aliphatic heterocycles. The number of aromatic nitrogens is 1. The Morgan fingerprint density at radius 3 is 2.83 bits per heavy atom. The third kappa shape index (κ3) is 1.58. The van der Waals surface area contributed by atoms with Gasteiger partial charge in [-0.2, -0.15) is 0 Å². The van der Waals surface area contributed by atoms with E-state index in [4.69, 9.17) is 4.74 Å². The molecule has 18 heavy (non-hydrogen) atoms. The molecule has 4 nitrogen and oxygen atoms in total. The van der Waals surface area contributed by atoms with Crippen LogP contribution >= 0.6 is 0 Å². The summed E-state index contributed by atoms with van der Waals surface area (Å²) in [5.41, 5.74) is 2.55. The van der Waals surface area contributed by atoms with Crippen molar-refractivity contribution in [3.05, 3.63) is 58.9 Å². The van der Waals surface area contributed by atoms with E-state index in [1.54, 1.807) is 6.20 Å². The summed E-state index contributed by atoms with van der Waals surface area (Å²) in [5.74, 6) is -0.0686. The van der Waals surface area contributed by atoms with Crippen LogP contribution in [0.4, 0.5) is 0 Å². The highest BCUT2D eigenvalue weighted by Gasteiger charge is 2.28. The molecule has 0 saturated heterocycles. The van der Waals surface area contributed by atoms with Crippen LogP contribution in [0.15, 0.2) is 36.5 Å². The van der Waals surface area contributed by atoms with E-state index in [2.05, 4.69) is 4.98 Å². The summed E-state index contributed by atoms with van der Waals surface area (Å²) < 4.78 is 5.67. The van der Waals surface area contributed by atoms with Gasteiger partial charge in [0.25, 0.3) is 0 Å². The minimum atomic E-state index is -0.222. The quantitative estimate of drug-likeness (QED) is 0.819. The lowest BCUT2D eigenvalue weighted by molar-refractivity contribution is 0.0932. The van der Waals surface area contributed by atoms with Crippen molar-refractivity contribution in [2.24, 2.45) is 0 Å². The lowest BCUT2D eigenvalue weighted by atomic mass is 10.0. The van der Waals surface area contributed by atoms with E-state index in [0.29, 0.717) is 18.5 Å². The predicted octanol–water partition coefficient (Wildman–Crippen LogP) is 2.22. The molecule has 4 heteroatoms. The minimum Gasteiger partial charge on any atom is -0.505 e. The van der Waals surface area contributed by atoms with Crippen LogP contribution in [-0.4, -0.2) is 16.4 Å². The fraction of sp³-hybridized carbons (Fsp3) is 0.143. The first-order valence-corrected chi connectivity index (χ1v) is 5.63. The number of hydrogen-bond acceptors (Lipinski definition) is 4. The van der Waals surface area contributed by atoms with Gasteiger partial charge in [0.1, 0.15) is 11.8 Å². The van der Waals surface area contributed by atoms with E-state index in [9.17, 15) is 9.90 Å². The van der Waals surface area contributed by atoms with Crippen molar-refractivity contribution < 1.29 is 14.6 Å². The number of carbonyl (C=O) groups excluding carboxylic acids is 1. The number of rotatable bonds is 2. The molecule has 0 amide bonds. The molecule has 90 valence electrons. The Labute approximate surface area is 104 Å². The van der Waals surface area contributed by atoms with Gasteiger partial charge in [-0.3, -0.25) is 4.79 Å². The average molecular weight is 241 g/mol. The van der Waals surface area contributed by atoms with Crippen LogP contribution in [0.5, 0.6) is 5.75 Å². The van der Waals surface area contributed by atoms with Gasteiger partial charge in [0, 0.05) is 17.3 Å². The number of nitrogens with zero attached hydrogens (tertiary/aromatic N) is 1. The fourth-order valence-corrected chi connectivity index (χ4v) is 2.19. The van der Waals surface area contributed by atoms with Crippen LogP contribution in [0.25, 0.3) is 0 Å². The molecular formula is C14H11NO3. The van der Waals surface area contributed by atoms with Crippen molar-refractivity contribution in [3.8, 4) is 5.75 Å². The zero-order valence-corrected chi connectivity index (χ0v) is 9.54. The molecule has 1 aromatic carbocycles. The largest absolute Gasteiger partial charge is 0.505 e. The Bertz CT molecular complexity index is 595. The van der Waals surface area contributed by atoms with E-state index in [0.717, 1.165) is 11.1 Å². The summed E-state index contributed by atoms with van der Waals surface area (Å²) in [5, 5.41) is 9.90. The van der Waals surface area contributed by atoms with Crippen molar-refractivity contribution in [1.82, 2.24) is 4.98 Å². The van der Waals surface area contributed by atoms with Gasteiger partial charge in [-0.15, -0.1) is 0 Å². The SMILES string of the molecule is O=Cc1ncc2c(c1O)COC2c1ccccc1. The normalized spacial score (nSPS) is 17.4. The van der Waals surface area contributed by atoms with E-state index >= 15 is 0 Å². The van der Waals surface area contributed by atoms with Crippen LogP contribution in [0, 0.1) is 0 Å². The first kappa shape index (κ1) is 10.9. The molecule has 0 saturated carbocycles. The van der Waals surface area contributed by atoms with Crippen LogP contribution < -0.4 is 0 Å². The van der Waals surface area contributed by atoms with Crippen LogP contribution in [-0.2, 0) is 11.3 Å². The van der Waals surface area contributed by atoms with E-state index < -0.39 is 0 Å². The highest BCUT2D eigenvalue weighted by molar-refractivity contribution is 5.77. The first-order valence-electron chi connectivity index (χ1n) is 5.63. The number of hydrogen-bond donors (Lipinski definition) is 1. The highest BCUT2D eigenvalue weighted by Crippen LogP contribution is 2.39. The fourth-order valence-electron chi connectivity index (χ4n) is 2.19. The van der Waals surface area contributed by atoms with Crippen LogP contribution in [0.1, 0.15) is 33.3 Å². The zero-order chi connectivity index (χ0) is 12.5. The molecule has 1 aliphatic rings. The molecule has 0 spiro atoms. The molecule has 0 aliphatic carbocycles. The summed E-state index contributed by atoms with van der Waals surface area (Å²) in [6.45, 7) is 0.296. The number of carbonyl (C=O) groups is 1. The Morgan fingerprint density at radius 1 is 1.33 bits per heavy atom. The molecular weight excluding hydrogens is 230 g/mol. The van der Waals surface area contributed by atoms with Crippen molar-refractivity contribution in [1.29, 1.82) is 0 Å². The predicted molar refractivity (Wildman–Crippen MR) is 64.4 cm³/mol. The molecule has 1 aromatic heterocycles. The molecule has 2 aromatic rings. The van der Waals surface area contributed by atoms with Crippen molar-refractivity contribution in [3.63, 3.8) is 0 Å². The third-order valence-electron chi connectivity index (χ3n) is 3.11. The van der Waals surface area contributed by atoms with Gasteiger partial charge < -0.3 is 9.84 Å². The molecule has 1 unspecified atom stereocenters. The summed E-state index contributed by atoms with van der Waals surface area (Å²) in [6, 6.07) is 9.73. The van der Waals surface area contributed by atoms with Gasteiger partial charge in [0.05, 0.1) is 6.61 Å². The monoisotopic (exact) mass is 241 g/mol. The zero-order valence-electron chi connectivity index (χ0n) is 9.54. The second-order valence-electron chi connectivity index (χ2n) is 4.15. The second kappa shape index (κ2) is 4.23. The summed E-state index contributed by atoms with van der Waals surface area (Å²) in [6.07, 6.45) is 1.93. The second-order valence-corrected chi connectivity index (χ2v) is 4.15. The van der Waals surface area contributed by atoms with Gasteiger partial charge in [-0.25, -0.2) is 4.98 Å². The molecule has 0 bridgehead atoms. The highest BCUT2D eigenvalue weighted by atomic mass is 16.5. The standard InChI is InChI=1S/C14H11NO3/c16-7-12-13(17)11-8-18-14(10(11)6-15-12)9-4-2-1-3-5-9/h1-7,14,17H,8H2. The Hall–Kier alpha value is -2.20. The summed E-state index contributed by atoms with van der Waals surface area (Å²) >= 11 is 0. The maximum Gasteiger partial charge on any atom is 0.172 e. The third-order valence-corrected chi connectivity index (χ3v) is 3.11. The van der Waals surface area contributed by atoms with Crippen molar-refractivity contribution >= 4 is 6.29 Å². The smallest absolute Gasteiger partial charge is 0.172 e.